The minimum Gasteiger partial charge on any atom is -0.396 e. The maximum atomic E-state index is 12.3. The van der Waals surface area contributed by atoms with Gasteiger partial charge in [-0.25, -0.2) is 9.97 Å². The van der Waals surface area contributed by atoms with Gasteiger partial charge in [-0.05, 0) is 19.1 Å². The van der Waals surface area contributed by atoms with Gasteiger partial charge in [-0.15, -0.1) is 11.3 Å². The zero-order chi connectivity index (χ0) is 14.1. The number of aryl methyl sites for hydroxylation is 1. The van der Waals surface area contributed by atoms with E-state index in [1.165, 1.54) is 11.3 Å². The van der Waals surface area contributed by atoms with Crippen LogP contribution in [0.2, 0.25) is 0 Å². The summed E-state index contributed by atoms with van der Waals surface area (Å²) in [5, 5.41) is 2.80. The van der Waals surface area contributed by atoms with Crippen LogP contribution in [0, 0.1) is 6.92 Å². The lowest BCUT2D eigenvalue weighted by atomic mass is 10.3. The number of amides is 1. The molecule has 1 amide bonds. The number of aromatic nitrogens is 3. The van der Waals surface area contributed by atoms with Crippen molar-refractivity contribution in [3.63, 3.8) is 0 Å². The van der Waals surface area contributed by atoms with Crippen LogP contribution >= 0.6 is 11.3 Å². The largest absolute Gasteiger partial charge is 0.396 e. The zero-order valence-corrected chi connectivity index (χ0v) is 11.4. The summed E-state index contributed by atoms with van der Waals surface area (Å²) in [6, 6.07) is 3.56. The minimum atomic E-state index is -0.275. The molecule has 6 nitrogen and oxygen atoms in total. The van der Waals surface area contributed by atoms with Crippen molar-refractivity contribution in [2.24, 2.45) is 0 Å². The summed E-state index contributed by atoms with van der Waals surface area (Å²) >= 11 is 1.23. The average molecular weight is 285 g/mol. The molecule has 0 atom stereocenters. The third kappa shape index (κ3) is 2.08. The van der Waals surface area contributed by atoms with E-state index < -0.39 is 0 Å². The van der Waals surface area contributed by atoms with Gasteiger partial charge in [0.2, 0.25) is 0 Å². The van der Waals surface area contributed by atoms with E-state index in [4.69, 9.17) is 5.73 Å². The molecular weight excluding hydrogens is 274 g/mol. The van der Waals surface area contributed by atoms with E-state index in [1.807, 2.05) is 6.92 Å². The molecule has 0 spiro atoms. The topological polar surface area (TPSA) is 93.8 Å². The average Bonchev–Trinajstić information content (AvgIpc) is 2.79. The standard InChI is InChI=1S/C13H11N5OS/c1-7-8(3-2-4-15-7)18-12(19)11-9(14)10-13(20-11)17-6-5-16-10/h2-6H,14H2,1H3,(H,18,19). The predicted molar refractivity (Wildman–Crippen MR) is 78.8 cm³/mol. The molecule has 3 heterocycles. The molecule has 0 aliphatic carbocycles. The van der Waals surface area contributed by atoms with Crippen LogP contribution in [0.5, 0.6) is 0 Å². The third-order valence-electron chi connectivity index (χ3n) is 2.82. The zero-order valence-electron chi connectivity index (χ0n) is 10.6. The second kappa shape index (κ2) is 4.86. The number of thiophene rings is 1. The predicted octanol–water partition coefficient (Wildman–Crippen LogP) is 2.23. The van der Waals surface area contributed by atoms with Crippen LogP contribution in [-0.4, -0.2) is 20.9 Å². The Morgan fingerprint density at radius 3 is 2.80 bits per heavy atom. The molecule has 0 aliphatic heterocycles. The van der Waals surface area contributed by atoms with Gasteiger partial charge in [0.15, 0.2) is 0 Å². The summed E-state index contributed by atoms with van der Waals surface area (Å²) < 4.78 is 0. The summed E-state index contributed by atoms with van der Waals surface area (Å²) in [5.41, 5.74) is 8.29. The number of pyridine rings is 1. The first kappa shape index (κ1) is 12.5. The number of hydrogen-bond donors (Lipinski definition) is 2. The second-order valence-corrected chi connectivity index (χ2v) is 5.14. The lowest BCUT2D eigenvalue weighted by molar-refractivity contribution is 0.103. The third-order valence-corrected chi connectivity index (χ3v) is 3.93. The minimum absolute atomic E-state index is 0.275. The number of nitrogens with zero attached hydrogens (tertiary/aromatic N) is 3. The molecule has 3 aromatic heterocycles. The quantitative estimate of drug-likeness (QED) is 0.753. The fourth-order valence-electron chi connectivity index (χ4n) is 1.81. The number of nitrogens with two attached hydrogens (primary N) is 1. The Labute approximate surface area is 118 Å². The fourth-order valence-corrected chi connectivity index (χ4v) is 2.72. The van der Waals surface area contributed by atoms with Crippen LogP contribution in [0.25, 0.3) is 10.3 Å². The Morgan fingerprint density at radius 1 is 1.25 bits per heavy atom. The van der Waals surface area contributed by atoms with E-state index >= 15 is 0 Å². The van der Waals surface area contributed by atoms with Gasteiger partial charge in [0.1, 0.15) is 15.2 Å². The molecule has 0 bridgehead atoms. The highest BCUT2D eigenvalue weighted by molar-refractivity contribution is 7.21. The molecule has 7 heteroatoms. The van der Waals surface area contributed by atoms with Gasteiger partial charge in [0.05, 0.1) is 17.1 Å². The highest BCUT2D eigenvalue weighted by Gasteiger charge is 2.18. The van der Waals surface area contributed by atoms with E-state index in [9.17, 15) is 4.79 Å². The molecule has 0 fully saturated rings. The Hall–Kier alpha value is -2.54. The molecular formula is C13H11N5OS. The SMILES string of the molecule is Cc1ncccc1NC(=O)c1sc2nccnc2c1N. The second-order valence-electron chi connectivity index (χ2n) is 4.15. The van der Waals surface area contributed by atoms with E-state index in [-0.39, 0.29) is 5.91 Å². The lowest BCUT2D eigenvalue weighted by Crippen LogP contribution is -2.13. The molecule has 3 N–H and O–H groups in total. The number of carbonyl (C=O) groups is 1. The molecule has 3 aromatic rings. The lowest BCUT2D eigenvalue weighted by Gasteiger charge is -2.06. The van der Waals surface area contributed by atoms with Crippen molar-refractivity contribution in [3.8, 4) is 0 Å². The molecule has 0 saturated carbocycles. The van der Waals surface area contributed by atoms with Gasteiger partial charge in [-0.3, -0.25) is 9.78 Å². The van der Waals surface area contributed by atoms with Crippen LogP contribution in [0.1, 0.15) is 15.4 Å². The number of rotatable bonds is 2. The molecule has 0 unspecified atom stereocenters. The Kier molecular flexibility index (Phi) is 3.03. The van der Waals surface area contributed by atoms with Crippen molar-refractivity contribution in [2.75, 3.05) is 11.1 Å². The Balaban J connectivity index is 1.97. The molecule has 0 aromatic carbocycles. The maximum absolute atomic E-state index is 12.3. The van der Waals surface area contributed by atoms with Crippen LogP contribution in [0.4, 0.5) is 11.4 Å². The summed E-state index contributed by atoms with van der Waals surface area (Å²) in [7, 11) is 0. The van der Waals surface area contributed by atoms with Crippen LogP contribution in [-0.2, 0) is 0 Å². The molecule has 20 heavy (non-hydrogen) atoms. The van der Waals surface area contributed by atoms with Crippen molar-refractivity contribution in [3.05, 3.63) is 41.3 Å². The van der Waals surface area contributed by atoms with Gasteiger partial charge >= 0.3 is 0 Å². The van der Waals surface area contributed by atoms with E-state index in [0.29, 0.717) is 26.6 Å². The number of hydrogen-bond acceptors (Lipinski definition) is 6. The van der Waals surface area contributed by atoms with Gasteiger partial charge < -0.3 is 11.1 Å². The van der Waals surface area contributed by atoms with Crippen molar-refractivity contribution >= 4 is 39.0 Å². The normalized spacial score (nSPS) is 10.7. The molecule has 0 radical (unpaired) electrons. The first-order valence-electron chi connectivity index (χ1n) is 5.89. The Bertz CT molecular complexity index is 798. The van der Waals surface area contributed by atoms with Gasteiger partial charge in [0.25, 0.3) is 5.91 Å². The maximum Gasteiger partial charge on any atom is 0.268 e. The van der Waals surface area contributed by atoms with E-state index in [0.717, 1.165) is 5.69 Å². The van der Waals surface area contributed by atoms with E-state index in [1.54, 1.807) is 30.7 Å². The molecule has 3 rings (SSSR count). The van der Waals surface area contributed by atoms with Crippen molar-refractivity contribution in [2.45, 2.75) is 6.92 Å². The smallest absolute Gasteiger partial charge is 0.268 e. The summed E-state index contributed by atoms with van der Waals surface area (Å²) in [6.45, 7) is 1.83. The van der Waals surface area contributed by atoms with Crippen molar-refractivity contribution < 1.29 is 4.79 Å². The van der Waals surface area contributed by atoms with Gasteiger partial charge in [-0.1, -0.05) is 0 Å². The number of fused-ring (bicyclic) bond motifs is 1. The molecule has 0 aliphatic rings. The number of anilines is 2. The first-order valence-corrected chi connectivity index (χ1v) is 6.70. The monoisotopic (exact) mass is 285 g/mol. The highest BCUT2D eigenvalue weighted by Crippen LogP contribution is 2.31. The van der Waals surface area contributed by atoms with Crippen LogP contribution in [0.15, 0.2) is 30.7 Å². The van der Waals surface area contributed by atoms with E-state index in [2.05, 4.69) is 20.3 Å². The molecule has 100 valence electrons. The molecule has 0 saturated heterocycles. The number of nitrogens with one attached hydrogen (secondary N) is 1. The number of nitrogen functional groups attached to an aromatic ring is 1. The summed E-state index contributed by atoms with van der Waals surface area (Å²) in [4.78, 5) is 25.8. The van der Waals surface area contributed by atoms with Crippen LogP contribution in [0.3, 0.4) is 0 Å². The summed E-state index contributed by atoms with van der Waals surface area (Å²) in [6.07, 6.45) is 4.80. The highest BCUT2D eigenvalue weighted by atomic mass is 32.1. The fraction of sp³-hybridized carbons (Fsp3) is 0.0769. The summed E-state index contributed by atoms with van der Waals surface area (Å²) in [5.74, 6) is -0.275. The van der Waals surface area contributed by atoms with Gasteiger partial charge in [-0.2, -0.15) is 0 Å². The Morgan fingerprint density at radius 2 is 2.05 bits per heavy atom. The number of carbonyl (C=O) groups excluding carboxylic acids is 1. The van der Waals surface area contributed by atoms with Crippen molar-refractivity contribution in [1.82, 2.24) is 15.0 Å². The first-order chi connectivity index (χ1) is 9.66. The van der Waals surface area contributed by atoms with Crippen LogP contribution < -0.4 is 11.1 Å². The van der Waals surface area contributed by atoms with Crippen molar-refractivity contribution in [1.29, 1.82) is 0 Å². The van der Waals surface area contributed by atoms with Gasteiger partial charge in [0, 0.05) is 18.6 Å².